The van der Waals surface area contributed by atoms with Gasteiger partial charge in [-0.15, -0.1) is 0 Å². The van der Waals surface area contributed by atoms with Crippen LogP contribution in [0.5, 0.6) is 0 Å². The molecule has 4 rings (SSSR count). The number of hydrogen-bond acceptors (Lipinski definition) is 6. The zero-order valence-electron chi connectivity index (χ0n) is 14.3. The van der Waals surface area contributed by atoms with Crippen molar-refractivity contribution < 1.29 is 18.5 Å². The highest BCUT2D eigenvalue weighted by atomic mass is 16.5. The average Bonchev–Trinajstić information content (AvgIpc) is 3.34. The number of hydrogen-bond donors (Lipinski definition) is 1. The Labute approximate surface area is 146 Å². The van der Waals surface area contributed by atoms with Gasteiger partial charge in [-0.1, -0.05) is 5.16 Å². The van der Waals surface area contributed by atoms with Crippen LogP contribution >= 0.6 is 0 Å². The van der Waals surface area contributed by atoms with Gasteiger partial charge >= 0.3 is 0 Å². The highest BCUT2D eigenvalue weighted by Gasteiger charge is 2.44. The molecule has 0 unspecified atom stereocenters. The Hall–Kier alpha value is -2.12. The van der Waals surface area contributed by atoms with E-state index in [2.05, 4.69) is 15.4 Å². The van der Waals surface area contributed by atoms with E-state index in [9.17, 15) is 4.79 Å². The number of ether oxygens (including phenoxy) is 1. The second-order valence-electron chi connectivity index (χ2n) is 6.98. The van der Waals surface area contributed by atoms with E-state index in [0.29, 0.717) is 25.5 Å². The van der Waals surface area contributed by atoms with E-state index >= 15 is 0 Å². The van der Waals surface area contributed by atoms with Crippen molar-refractivity contribution in [2.24, 2.45) is 11.8 Å². The lowest BCUT2D eigenvalue weighted by molar-refractivity contribution is -0.122. The van der Waals surface area contributed by atoms with Crippen LogP contribution in [0, 0.1) is 18.8 Å². The topological polar surface area (TPSA) is 80.7 Å². The Bertz CT molecular complexity index is 712. The van der Waals surface area contributed by atoms with E-state index in [-0.39, 0.29) is 17.9 Å². The molecule has 2 aliphatic heterocycles. The molecule has 3 atom stereocenters. The molecule has 1 amide bonds. The predicted octanol–water partition coefficient (Wildman–Crippen LogP) is 1.73. The molecule has 7 heteroatoms. The van der Waals surface area contributed by atoms with Gasteiger partial charge in [0.25, 0.3) is 0 Å². The first-order chi connectivity index (χ1) is 12.2. The number of aromatic nitrogens is 1. The summed E-state index contributed by atoms with van der Waals surface area (Å²) in [5.41, 5.74) is 0.949. The van der Waals surface area contributed by atoms with Crippen molar-refractivity contribution in [3.8, 4) is 0 Å². The van der Waals surface area contributed by atoms with Crippen molar-refractivity contribution in [3.63, 3.8) is 0 Å². The standard InChI is InChI=1S/C18H23N3O4/c1-12-5-14(20-25-12)8-21-9-16-13(11-24-17(16)10-21)6-18(22)19-7-15-3-2-4-23-15/h2-5,13,16-17H,6-11H2,1H3,(H,19,22)/t13-,16+,17+/m1/s1. The first kappa shape index (κ1) is 16.4. The van der Waals surface area contributed by atoms with Crippen molar-refractivity contribution in [2.45, 2.75) is 32.5 Å². The SMILES string of the molecule is Cc1cc(CN2C[C@H]3[C@H](CC(=O)NCc4ccco4)CO[C@H]3C2)no1. The number of carbonyl (C=O) groups is 1. The molecule has 2 saturated heterocycles. The highest BCUT2D eigenvalue weighted by Crippen LogP contribution is 2.36. The number of rotatable bonds is 6. The van der Waals surface area contributed by atoms with Crippen molar-refractivity contribution in [2.75, 3.05) is 19.7 Å². The molecule has 1 N–H and O–H groups in total. The first-order valence-electron chi connectivity index (χ1n) is 8.72. The summed E-state index contributed by atoms with van der Waals surface area (Å²) in [5.74, 6) is 2.32. The van der Waals surface area contributed by atoms with Gasteiger partial charge < -0.3 is 19.0 Å². The van der Waals surface area contributed by atoms with Crippen molar-refractivity contribution in [3.05, 3.63) is 41.7 Å². The number of furan rings is 1. The second-order valence-corrected chi connectivity index (χ2v) is 6.98. The van der Waals surface area contributed by atoms with Gasteiger partial charge in [0, 0.05) is 38.0 Å². The van der Waals surface area contributed by atoms with E-state index in [1.807, 2.05) is 25.1 Å². The smallest absolute Gasteiger partial charge is 0.220 e. The number of fused-ring (bicyclic) bond motifs is 1. The maximum atomic E-state index is 12.2. The molecule has 0 aromatic carbocycles. The van der Waals surface area contributed by atoms with Gasteiger partial charge in [0.05, 0.1) is 31.2 Å². The fraction of sp³-hybridized carbons (Fsp3) is 0.556. The Balaban J connectivity index is 1.27. The Morgan fingerprint density at radius 3 is 3.12 bits per heavy atom. The van der Waals surface area contributed by atoms with Crippen LogP contribution in [0.15, 0.2) is 33.4 Å². The largest absolute Gasteiger partial charge is 0.467 e. The van der Waals surface area contributed by atoms with Crippen molar-refractivity contribution in [1.82, 2.24) is 15.4 Å². The van der Waals surface area contributed by atoms with Crippen molar-refractivity contribution in [1.29, 1.82) is 0 Å². The summed E-state index contributed by atoms with van der Waals surface area (Å²) < 4.78 is 16.3. The van der Waals surface area contributed by atoms with Crippen LogP contribution < -0.4 is 5.32 Å². The molecule has 0 bridgehead atoms. The Kier molecular flexibility index (Phi) is 4.59. The molecule has 0 radical (unpaired) electrons. The maximum absolute atomic E-state index is 12.2. The summed E-state index contributed by atoms with van der Waals surface area (Å²) in [6, 6.07) is 5.64. The molecular weight excluding hydrogens is 322 g/mol. The number of likely N-dealkylation sites (tertiary alicyclic amines) is 1. The average molecular weight is 345 g/mol. The quantitative estimate of drug-likeness (QED) is 0.859. The zero-order valence-corrected chi connectivity index (χ0v) is 14.3. The van der Waals surface area contributed by atoms with Gasteiger partial charge in [0.15, 0.2) is 0 Å². The van der Waals surface area contributed by atoms with Crippen LogP contribution in [-0.2, 0) is 22.6 Å². The van der Waals surface area contributed by atoms with E-state index in [1.54, 1.807) is 6.26 Å². The summed E-state index contributed by atoms with van der Waals surface area (Å²) in [6.07, 6.45) is 2.33. The molecule has 7 nitrogen and oxygen atoms in total. The van der Waals surface area contributed by atoms with E-state index in [4.69, 9.17) is 13.7 Å². The lowest BCUT2D eigenvalue weighted by atomic mass is 9.90. The summed E-state index contributed by atoms with van der Waals surface area (Å²) in [4.78, 5) is 14.5. The van der Waals surface area contributed by atoms with E-state index in [0.717, 1.165) is 36.8 Å². The van der Waals surface area contributed by atoms with Crippen LogP contribution in [0.2, 0.25) is 0 Å². The molecule has 2 aliphatic rings. The van der Waals surface area contributed by atoms with Crippen LogP contribution in [0.25, 0.3) is 0 Å². The minimum atomic E-state index is 0.0521. The third-order valence-electron chi connectivity index (χ3n) is 5.06. The maximum Gasteiger partial charge on any atom is 0.220 e. The number of nitrogens with zero attached hydrogens (tertiary/aromatic N) is 2. The minimum Gasteiger partial charge on any atom is -0.467 e. The lowest BCUT2D eigenvalue weighted by Gasteiger charge is -2.18. The summed E-state index contributed by atoms with van der Waals surface area (Å²) >= 11 is 0. The monoisotopic (exact) mass is 345 g/mol. The number of amides is 1. The molecule has 4 heterocycles. The lowest BCUT2D eigenvalue weighted by Crippen LogP contribution is -2.29. The Morgan fingerprint density at radius 1 is 1.44 bits per heavy atom. The minimum absolute atomic E-state index is 0.0521. The summed E-state index contributed by atoms with van der Waals surface area (Å²) in [6.45, 7) is 5.60. The van der Waals surface area contributed by atoms with Crippen molar-refractivity contribution >= 4 is 5.91 Å². The predicted molar refractivity (Wildman–Crippen MR) is 88.4 cm³/mol. The number of nitrogens with one attached hydrogen (secondary N) is 1. The van der Waals surface area contributed by atoms with Gasteiger partial charge in [-0.25, -0.2) is 0 Å². The van der Waals surface area contributed by atoms with Crippen LogP contribution in [0.1, 0.15) is 23.6 Å². The molecule has 0 saturated carbocycles. The molecule has 2 aromatic rings. The van der Waals surface area contributed by atoms with Gasteiger partial charge in [0.2, 0.25) is 5.91 Å². The molecule has 0 aliphatic carbocycles. The molecular formula is C18H23N3O4. The van der Waals surface area contributed by atoms with Gasteiger partial charge in [0.1, 0.15) is 11.5 Å². The van der Waals surface area contributed by atoms with Gasteiger partial charge in [-0.3, -0.25) is 9.69 Å². The first-order valence-corrected chi connectivity index (χ1v) is 8.72. The summed E-state index contributed by atoms with van der Waals surface area (Å²) in [7, 11) is 0. The Morgan fingerprint density at radius 2 is 2.36 bits per heavy atom. The third kappa shape index (κ3) is 3.77. The number of aryl methyl sites for hydroxylation is 1. The van der Waals surface area contributed by atoms with Crippen LogP contribution in [-0.4, -0.2) is 41.8 Å². The summed E-state index contributed by atoms with van der Waals surface area (Å²) in [5, 5.41) is 6.98. The van der Waals surface area contributed by atoms with Gasteiger partial charge in [-0.2, -0.15) is 0 Å². The number of carbonyl (C=O) groups excluding carboxylic acids is 1. The normalized spacial score (nSPS) is 26.0. The van der Waals surface area contributed by atoms with Gasteiger partial charge in [-0.05, 0) is 25.0 Å². The highest BCUT2D eigenvalue weighted by molar-refractivity contribution is 5.76. The van der Waals surface area contributed by atoms with E-state index < -0.39 is 0 Å². The fourth-order valence-electron chi connectivity index (χ4n) is 3.85. The molecule has 134 valence electrons. The molecule has 0 spiro atoms. The van der Waals surface area contributed by atoms with E-state index in [1.165, 1.54) is 0 Å². The molecule has 2 fully saturated rings. The molecule has 2 aromatic heterocycles. The molecule has 25 heavy (non-hydrogen) atoms. The zero-order chi connectivity index (χ0) is 17.2. The van der Waals surface area contributed by atoms with Crippen LogP contribution in [0.3, 0.4) is 0 Å². The third-order valence-corrected chi connectivity index (χ3v) is 5.06. The second kappa shape index (κ2) is 7.01. The van der Waals surface area contributed by atoms with Crippen LogP contribution in [0.4, 0.5) is 0 Å². The fourth-order valence-corrected chi connectivity index (χ4v) is 3.85.